The number of aryl methyl sites for hydroxylation is 1. The molecule has 3 aromatic rings. The van der Waals surface area contributed by atoms with Crippen LogP contribution in [-0.4, -0.2) is 42.9 Å². The Morgan fingerprint density at radius 1 is 1.00 bits per heavy atom. The first-order valence-corrected chi connectivity index (χ1v) is 8.96. The Morgan fingerprint density at radius 2 is 1.68 bits per heavy atom. The largest absolute Gasteiger partial charge is 0.425 e. The molecule has 130 valence electrons. The maximum absolute atomic E-state index is 5.91. The Bertz CT molecular complexity index is 918. The Morgan fingerprint density at radius 3 is 2.36 bits per heavy atom. The molecule has 8 nitrogen and oxygen atoms in total. The molecule has 1 saturated heterocycles. The van der Waals surface area contributed by atoms with Crippen molar-refractivity contribution in [2.45, 2.75) is 51.4 Å². The molecule has 0 bridgehead atoms. The lowest BCUT2D eigenvalue weighted by atomic mass is 9.96. The van der Waals surface area contributed by atoms with Gasteiger partial charge in [-0.25, -0.2) is 4.98 Å². The lowest BCUT2D eigenvalue weighted by Gasteiger charge is -2.33. The second kappa shape index (κ2) is 5.50. The van der Waals surface area contributed by atoms with Gasteiger partial charge in [-0.2, -0.15) is 14.6 Å². The maximum atomic E-state index is 5.91. The van der Waals surface area contributed by atoms with Crippen LogP contribution in [0.4, 0.5) is 5.82 Å². The average molecular weight is 339 g/mol. The molecule has 0 unspecified atom stereocenters. The monoisotopic (exact) mass is 339 g/mol. The van der Waals surface area contributed by atoms with Gasteiger partial charge in [0, 0.05) is 36.2 Å². The van der Waals surface area contributed by atoms with Crippen molar-refractivity contribution in [2.24, 2.45) is 0 Å². The summed E-state index contributed by atoms with van der Waals surface area (Å²) >= 11 is 0. The Balaban J connectivity index is 1.38. The lowest BCUT2D eigenvalue weighted by Crippen LogP contribution is -2.35. The third kappa shape index (κ3) is 2.47. The van der Waals surface area contributed by atoms with Crippen molar-refractivity contribution in [1.82, 2.24) is 29.8 Å². The molecule has 0 amide bonds. The van der Waals surface area contributed by atoms with Crippen LogP contribution in [0.2, 0.25) is 0 Å². The lowest BCUT2D eigenvalue weighted by molar-refractivity contribution is 0.375. The van der Waals surface area contributed by atoms with Gasteiger partial charge < -0.3 is 9.32 Å². The van der Waals surface area contributed by atoms with Gasteiger partial charge in [-0.05, 0) is 39.5 Å². The quantitative estimate of drug-likeness (QED) is 0.724. The van der Waals surface area contributed by atoms with Crippen molar-refractivity contribution in [3.05, 3.63) is 29.4 Å². The molecule has 5 rings (SSSR count). The minimum absolute atomic E-state index is 0.353. The zero-order valence-electron chi connectivity index (χ0n) is 14.5. The first-order chi connectivity index (χ1) is 12.2. The topological polar surface area (TPSA) is 85.2 Å². The molecule has 1 aliphatic heterocycles. The predicted molar refractivity (Wildman–Crippen MR) is 90.7 cm³/mol. The smallest absolute Gasteiger partial charge is 0.254 e. The Labute approximate surface area is 145 Å². The molecule has 1 saturated carbocycles. The van der Waals surface area contributed by atoms with Gasteiger partial charge in [0.2, 0.25) is 11.8 Å². The van der Waals surface area contributed by atoms with Gasteiger partial charge in [-0.3, -0.25) is 0 Å². The van der Waals surface area contributed by atoms with Crippen LogP contribution in [0.3, 0.4) is 0 Å². The zero-order valence-corrected chi connectivity index (χ0v) is 14.5. The van der Waals surface area contributed by atoms with Gasteiger partial charge in [0.25, 0.3) is 5.78 Å². The highest BCUT2D eigenvalue weighted by molar-refractivity contribution is 5.54. The Hall–Kier alpha value is -2.51. The van der Waals surface area contributed by atoms with Crippen LogP contribution in [0, 0.1) is 13.8 Å². The number of rotatable bonds is 3. The van der Waals surface area contributed by atoms with E-state index in [4.69, 9.17) is 4.42 Å². The molecule has 2 fully saturated rings. The fourth-order valence-electron chi connectivity index (χ4n) is 3.63. The van der Waals surface area contributed by atoms with E-state index in [1.807, 2.05) is 11.4 Å². The van der Waals surface area contributed by atoms with Crippen LogP contribution < -0.4 is 4.90 Å². The minimum Gasteiger partial charge on any atom is -0.425 e. The average Bonchev–Trinajstić information content (AvgIpc) is 3.17. The highest BCUT2D eigenvalue weighted by Crippen LogP contribution is 2.40. The van der Waals surface area contributed by atoms with Gasteiger partial charge >= 0.3 is 0 Å². The van der Waals surface area contributed by atoms with E-state index < -0.39 is 0 Å². The number of nitrogens with zero attached hydrogens (tertiary/aromatic N) is 7. The third-order valence-electron chi connectivity index (χ3n) is 5.40. The fraction of sp³-hybridized carbons (Fsp3) is 0.588. The minimum atomic E-state index is 0.353. The van der Waals surface area contributed by atoms with Gasteiger partial charge in [-0.1, -0.05) is 0 Å². The number of fused-ring (bicyclic) bond motifs is 1. The van der Waals surface area contributed by atoms with Crippen LogP contribution in [0.25, 0.3) is 5.78 Å². The number of aromatic nitrogens is 6. The zero-order chi connectivity index (χ0) is 17.0. The van der Waals surface area contributed by atoms with Crippen molar-refractivity contribution in [3.8, 4) is 0 Å². The van der Waals surface area contributed by atoms with Crippen LogP contribution in [0.5, 0.6) is 0 Å². The molecule has 2 aliphatic rings. The maximum Gasteiger partial charge on any atom is 0.254 e. The van der Waals surface area contributed by atoms with Crippen molar-refractivity contribution in [3.63, 3.8) is 0 Å². The fourth-order valence-corrected chi connectivity index (χ4v) is 3.63. The molecule has 0 atom stereocenters. The second-order valence-electron chi connectivity index (χ2n) is 7.13. The van der Waals surface area contributed by atoms with Crippen molar-refractivity contribution >= 4 is 11.6 Å². The molecule has 0 spiro atoms. The van der Waals surface area contributed by atoms with E-state index in [0.717, 1.165) is 54.8 Å². The molecule has 0 N–H and O–H groups in total. The molecular formula is C17H21N7O. The first kappa shape index (κ1) is 14.8. The summed E-state index contributed by atoms with van der Waals surface area (Å²) < 4.78 is 7.76. The molecule has 0 aromatic carbocycles. The van der Waals surface area contributed by atoms with Crippen LogP contribution >= 0.6 is 0 Å². The van der Waals surface area contributed by atoms with E-state index in [-0.39, 0.29) is 0 Å². The summed E-state index contributed by atoms with van der Waals surface area (Å²) in [4.78, 5) is 11.1. The summed E-state index contributed by atoms with van der Waals surface area (Å²) in [6.07, 6.45) is 5.95. The summed E-state index contributed by atoms with van der Waals surface area (Å²) in [5.74, 6) is 4.28. The van der Waals surface area contributed by atoms with E-state index >= 15 is 0 Å². The molecule has 1 aliphatic carbocycles. The highest BCUT2D eigenvalue weighted by Gasteiger charge is 2.32. The van der Waals surface area contributed by atoms with E-state index in [2.05, 4.69) is 37.1 Å². The van der Waals surface area contributed by atoms with Gasteiger partial charge in [0.1, 0.15) is 12.1 Å². The SMILES string of the molecule is Cc1nc2ncnn2c(N2CCC(c3nnc(C4CC4)o3)CC2)c1C. The second-order valence-corrected chi connectivity index (χ2v) is 7.13. The number of hydrogen-bond acceptors (Lipinski definition) is 7. The summed E-state index contributed by atoms with van der Waals surface area (Å²) in [6, 6.07) is 0. The van der Waals surface area contributed by atoms with Crippen molar-refractivity contribution in [2.75, 3.05) is 18.0 Å². The molecule has 25 heavy (non-hydrogen) atoms. The van der Waals surface area contributed by atoms with Crippen LogP contribution in [0.1, 0.15) is 60.6 Å². The van der Waals surface area contributed by atoms with E-state index in [9.17, 15) is 0 Å². The predicted octanol–water partition coefficient (Wildman–Crippen LogP) is 2.39. The molecule has 4 heterocycles. The molecule has 3 aromatic heterocycles. The van der Waals surface area contributed by atoms with Crippen LogP contribution in [-0.2, 0) is 0 Å². The molecular weight excluding hydrogens is 318 g/mol. The van der Waals surface area contributed by atoms with Crippen molar-refractivity contribution in [1.29, 1.82) is 0 Å². The van der Waals surface area contributed by atoms with E-state index in [1.54, 1.807) is 6.33 Å². The van der Waals surface area contributed by atoms with Gasteiger partial charge in [-0.15, -0.1) is 10.2 Å². The highest BCUT2D eigenvalue weighted by atomic mass is 16.4. The number of hydrogen-bond donors (Lipinski definition) is 0. The van der Waals surface area contributed by atoms with Gasteiger partial charge in [0.15, 0.2) is 0 Å². The van der Waals surface area contributed by atoms with E-state index in [0.29, 0.717) is 17.6 Å². The normalized spacial score (nSPS) is 19.0. The summed E-state index contributed by atoms with van der Waals surface area (Å²) in [7, 11) is 0. The Kier molecular flexibility index (Phi) is 3.26. The number of anilines is 1. The number of piperidine rings is 1. The standard InChI is InChI=1S/C17H21N7O/c1-10-11(2)20-17-18-9-19-24(17)16(10)23-7-5-13(6-8-23)15-22-21-14(25-15)12-3-4-12/h9,12-13H,3-8H2,1-2H3. The summed E-state index contributed by atoms with van der Waals surface area (Å²) in [6.45, 7) is 6.00. The van der Waals surface area contributed by atoms with Gasteiger partial charge in [0.05, 0.1) is 0 Å². The summed E-state index contributed by atoms with van der Waals surface area (Å²) in [5, 5.41) is 12.9. The molecule has 8 heteroatoms. The molecule has 0 radical (unpaired) electrons. The first-order valence-electron chi connectivity index (χ1n) is 8.96. The van der Waals surface area contributed by atoms with Crippen molar-refractivity contribution < 1.29 is 4.42 Å². The van der Waals surface area contributed by atoms with Crippen LogP contribution in [0.15, 0.2) is 10.7 Å². The third-order valence-corrected chi connectivity index (χ3v) is 5.40. The summed E-state index contributed by atoms with van der Waals surface area (Å²) in [5.41, 5.74) is 2.16. The van der Waals surface area contributed by atoms with E-state index in [1.165, 1.54) is 12.8 Å².